The molecule has 1 heterocycles. The van der Waals surface area contributed by atoms with Crippen LogP contribution in [0.15, 0.2) is 59.1 Å². The summed E-state index contributed by atoms with van der Waals surface area (Å²) in [5.74, 6) is 0.0711. The highest BCUT2D eigenvalue weighted by Crippen LogP contribution is 2.14. The smallest absolute Gasteiger partial charge is 0.282 e. The molecule has 0 unspecified atom stereocenters. The van der Waals surface area contributed by atoms with Gasteiger partial charge in [0.25, 0.3) is 11.8 Å². The molecule has 0 saturated carbocycles. The predicted molar refractivity (Wildman–Crippen MR) is 105 cm³/mol. The number of benzene rings is 2. The fraction of sp³-hybridized carbons (Fsp3) is 0.300. The molecule has 0 bridgehead atoms. The zero-order chi connectivity index (χ0) is 18.5. The maximum absolute atomic E-state index is 12.5. The van der Waals surface area contributed by atoms with E-state index in [-0.39, 0.29) is 17.9 Å². The van der Waals surface area contributed by atoms with Crippen molar-refractivity contribution in [1.29, 1.82) is 0 Å². The van der Waals surface area contributed by atoms with Gasteiger partial charge in [-0.25, -0.2) is 0 Å². The largest absolute Gasteiger partial charge is 0.327 e. The number of piperazine rings is 1. The Morgan fingerprint density at radius 3 is 2.27 bits per heavy atom. The number of nitrogens with one attached hydrogen (secondary N) is 2. The molecule has 2 aromatic carbocycles. The van der Waals surface area contributed by atoms with Gasteiger partial charge in [-0.05, 0) is 43.3 Å². The van der Waals surface area contributed by atoms with E-state index in [0.29, 0.717) is 13.1 Å². The minimum atomic E-state index is -0.160. The maximum atomic E-state index is 12.5. The molecule has 26 heavy (non-hydrogen) atoms. The zero-order valence-corrected chi connectivity index (χ0v) is 16.3. The van der Waals surface area contributed by atoms with Crippen LogP contribution < -0.4 is 10.2 Å². The normalized spacial score (nSPS) is 16.2. The second kappa shape index (κ2) is 8.47. The van der Waals surface area contributed by atoms with Gasteiger partial charge in [-0.3, -0.25) is 9.59 Å². The molecule has 5 nitrogen and oxygen atoms in total. The van der Waals surface area contributed by atoms with Crippen LogP contribution in [0.1, 0.15) is 17.3 Å². The molecule has 2 amide bonds. The van der Waals surface area contributed by atoms with Crippen LogP contribution >= 0.6 is 15.9 Å². The Balaban J connectivity index is 1.53. The number of nitrogens with zero attached hydrogens (tertiary/aromatic N) is 1. The molecule has 1 aliphatic heterocycles. The summed E-state index contributed by atoms with van der Waals surface area (Å²) in [6.45, 7) is 4.82. The quantitative estimate of drug-likeness (QED) is 0.798. The predicted octanol–water partition coefficient (Wildman–Crippen LogP) is 1.82. The van der Waals surface area contributed by atoms with Gasteiger partial charge in [0.15, 0.2) is 6.04 Å². The number of anilines is 1. The lowest BCUT2D eigenvalue weighted by molar-refractivity contribution is -0.917. The first-order valence-electron chi connectivity index (χ1n) is 8.80. The molecule has 0 radical (unpaired) electrons. The molecule has 1 fully saturated rings. The summed E-state index contributed by atoms with van der Waals surface area (Å²) in [5.41, 5.74) is 1.51. The average Bonchev–Trinajstić information content (AvgIpc) is 2.69. The van der Waals surface area contributed by atoms with Crippen molar-refractivity contribution in [3.8, 4) is 0 Å². The van der Waals surface area contributed by atoms with E-state index in [1.807, 2.05) is 66.4 Å². The Hall–Kier alpha value is -2.18. The zero-order valence-electron chi connectivity index (χ0n) is 14.7. The van der Waals surface area contributed by atoms with Crippen molar-refractivity contribution < 1.29 is 14.5 Å². The van der Waals surface area contributed by atoms with Crippen LogP contribution in [0.3, 0.4) is 0 Å². The molecular weight excluding hydrogens is 394 g/mol. The van der Waals surface area contributed by atoms with E-state index in [2.05, 4.69) is 21.2 Å². The topological polar surface area (TPSA) is 53.9 Å². The summed E-state index contributed by atoms with van der Waals surface area (Å²) in [7, 11) is 0. The van der Waals surface area contributed by atoms with Crippen molar-refractivity contribution in [2.24, 2.45) is 0 Å². The van der Waals surface area contributed by atoms with Crippen LogP contribution in [0, 0.1) is 0 Å². The molecule has 2 aromatic rings. The van der Waals surface area contributed by atoms with Crippen molar-refractivity contribution in [2.45, 2.75) is 13.0 Å². The molecular formula is C20H23BrN3O2+. The molecule has 1 atom stereocenters. The van der Waals surface area contributed by atoms with Crippen molar-refractivity contribution >= 4 is 33.4 Å². The molecule has 1 saturated heterocycles. The van der Waals surface area contributed by atoms with Crippen molar-refractivity contribution in [2.75, 3.05) is 31.5 Å². The number of hydrogen-bond acceptors (Lipinski definition) is 2. The van der Waals surface area contributed by atoms with Crippen molar-refractivity contribution in [3.63, 3.8) is 0 Å². The van der Waals surface area contributed by atoms with Gasteiger partial charge >= 0.3 is 0 Å². The summed E-state index contributed by atoms with van der Waals surface area (Å²) in [6.07, 6.45) is 0. The monoisotopic (exact) mass is 416 g/mol. The Labute approximate surface area is 162 Å². The van der Waals surface area contributed by atoms with E-state index in [4.69, 9.17) is 0 Å². The molecule has 6 heteroatoms. The maximum Gasteiger partial charge on any atom is 0.282 e. The fourth-order valence-corrected chi connectivity index (χ4v) is 3.43. The Bertz CT molecular complexity index is 756. The number of carbonyl (C=O) groups is 2. The van der Waals surface area contributed by atoms with Crippen LogP contribution in [0.25, 0.3) is 0 Å². The van der Waals surface area contributed by atoms with Gasteiger partial charge < -0.3 is 15.1 Å². The van der Waals surface area contributed by atoms with Gasteiger partial charge in [-0.15, -0.1) is 0 Å². The van der Waals surface area contributed by atoms with E-state index in [0.717, 1.165) is 28.8 Å². The standard InChI is InChI=1S/C20H22BrN3O2/c1-15(19(25)22-18-9-7-17(21)8-10-18)23-11-13-24(14-12-23)20(26)16-5-3-2-4-6-16/h2-10,15H,11-14H2,1H3,(H,22,25)/p+1/t15-/m0/s1. The molecule has 0 spiro atoms. The van der Waals surface area contributed by atoms with Crippen molar-refractivity contribution in [3.05, 3.63) is 64.6 Å². The lowest BCUT2D eigenvalue weighted by atomic mass is 10.1. The molecule has 0 aliphatic carbocycles. The summed E-state index contributed by atoms with van der Waals surface area (Å²) in [6, 6.07) is 16.7. The number of quaternary nitrogens is 1. The van der Waals surface area contributed by atoms with Crippen LogP contribution in [-0.2, 0) is 4.79 Å². The fourth-order valence-electron chi connectivity index (χ4n) is 3.16. The summed E-state index contributed by atoms with van der Waals surface area (Å²) < 4.78 is 0.980. The molecule has 0 aromatic heterocycles. The first-order chi connectivity index (χ1) is 12.5. The van der Waals surface area contributed by atoms with Crippen LogP contribution in [0.2, 0.25) is 0 Å². The van der Waals surface area contributed by atoms with E-state index in [9.17, 15) is 9.59 Å². The lowest BCUT2D eigenvalue weighted by Crippen LogP contribution is -3.19. The van der Waals surface area contributed by atoms with Crippen LogP contribution in [0.4, 0.5) is 5.69 Å². The van der Waals surface area contributed by atoms with Gasteiger partial charge in [-0.2, -0.15) is 0 Å². The SMILES string of the molecule is C[C@@H](C(=O)Nc1ccc(Br)cc1)[NH+]1CCN(C(=O)c2ccccc2)CC1. The molecule has 2 N–H and O–H groups in total. The number of hydrogen-bond donors (Lipinski definition) is 2. The molecule has 3 rings (SSSR count). The lowest BCUT2D eigenvalue weighted by Gasteiger charge is -2.34. The Kier molecular flexibility index (Phi) is 6.06. The summed E-state index contributed by atoms with van der Waals surface area (Å²) >= 11 is 3.39. The highest BCUT2D eigenvalue weighted by atomic mass is 79.9. The average molecular weight is 417 g/mol. The van der Waals surface area contributed by atoms with E-state index < -0.39 is 0 Å². The van der Waals surface area contributed by atoms with Crippen molar-refractivity contribution in [1.82, 2.24) is 4.90 Å². The van der Waals surface area contributed by atoms with Crippen LogP contribution in [-0.4, -0.2) is 48.9 Å². The first-order valence-corrected chi connectivity index (χ1v) is 9.59. The highest BCUT2D eigenvalue weighted by molar-refractivity contribution is 9.10. The number of halogens is 1. The Morgan fingerprint density at radius 1 is 1.04 bits per heavy atom. The third-order valence-electron chi connectivity index (χ3n) is 4.83. The minimum Gasteiger partial charge on any atom is -0.327 e. The highest BCUT2D eigenvalue weighted by Gasteiger charge is 2.31. The number of carbonyl (C=O) groups excluding carboxylic acids is 2. The van der Waals surface area contributed by atoms with Gasteiger partial charge in [0.2, 0.25) is 0 Å². The summed E-state index contributed by atoms with van der Waals surface area (Å²) in [4.78, 5) is 28.1. The van der Waals surface area contributed by atoms with Crippen LogP contribution in [0.5, 0.6) is 0 Å². The minimum absolute atomic E-state index is 0.00478. The second-order valence-corrected chi connectivity index (χ2v) is 7.45. The van der Waals surface area contributed by atoms with E-state index in [1.165, 1.54) is 4.90 Å². The third-order valence-corrected chi connectivity index (χ3v) is 5.36. The van der Waals surface area contributed by atoms with Gasteiger partial charge in [-0.1, -0.05) is 34.1 Å². The second-order valence-electron chi connectivity index (χ2n) is 6.53. The molecule has 136 valence electrons. The van der Waals surface area contributed by atoms with Gasteiger partial charge in [0.05, 0.1) is 26.2 Å². The van der Waals surface area contributed by atoms with Gasteiger partial charge in [0.1, 0.15) is 0 Å². The van der Waals surface area contributed by atoms with Gasteiger partial charge in [0, 0.05) is 15.7 Å². The Morgan fingerprint density at radius 2 is 1.65 bits per heavy atom. The summed E-state index contributed by atoms with van der Waals surface area (Å²) in [5, 5.41) is 2.96. The third kappa shape index (κ3) is 4.51. The van der Waals surface area contributed by atoms with E-state index in [1.54, 1.807) is 0 Å². The van der Waals surface area contributed by atoms with E-state index >= 15 is 0 Å². The number of rotatable bonds is 4. The first kappa shape index (κ1) is 18.6. The molecule has 1 aliphatic rings. The number of amides is 2.